The van der Waals surface area contributed by atoms with Crippen LogP contribution in [0, 0.1) is 5.82 Å². The lowest BCUT2D eigenvalue weighted by Gasteiger charge is -2.30. The van der Waals surface area contributed by atoms with Crippen molar-refractivity contribution in [2.45, 2.75) is 43.4 Å². The van der Waals surface area contributed by atoms with Crippen LogP contribution in [0.1, 0.15) is 19.8 Å². The van der Waals surface area contributed by atoms with Gasteiger partial charge in [-0.25, -0.2) is 17.5 Å². The smallest absolute Gasteiger partial charge is 0.387 e. The molecule has 2 rings (SSSR count). The summed E-state index contributed by atoms with van der Waals surface area (Å²) >= 11 is 0. The molecule has 124 valence electrons. The van der Waals surface area contributed by atoms with E-state index in [4.69, 9.17) is 0 Å². The molecule has 0 bridgehead atoms. The summed E-state index contributed by atoms with van der Waals surface area (Å²) in [5, 5.41) is 3.14. The molecule has 1 saturated heterocycles. The molecular formula is C13H17F3N2O3S. The minimum absolute atomic E-state index is 0.0465. The average molecular weight is 338 g/mol. The fourth-order valence-corrected chi connectivity index (χ4v) is 3.67. The molecule has 1 aliphatic heterocycles. The van der Waals surface area contributed by atoms with Crippen molar-refractivity contribution in [1.29, 1.82) is 0 Å². The number of sulfonamides is 1. The molecule has 5 nitrogen and oxygen atoms in total. The zero-order valence-corrected chi connectivity index (χ0v) is 12.7. The zero-order chi connectivity index (χ0) is 16.3. The van der Waals surface area contributed by atoms with Gasteiger partial charge in [-0.1, -0.05) is 0 Å². The quantitative estimate of drug-likeness (QED) is 0.860. The molecule has 2 N–H and O–H groups in total. The van der Waals surface area contributed by atoms with Crippen molar-refractivity contribution in [2.24, 2.45) is 0 Å². The zero-order valence-electron chi connectivity index (χ0n) is 11.9. The van der Waals surface area contributed by atoms with Gasteiger partial charge in [0, 0.05) is 12.1 Å². The Morgan fingerprint density at radius 1 is 1.41 bits per heavy atom. The maximum atomic E-state index is 13.6. The number of halogens is 3. The van der Waals surface area contributed by atoms with E-state index in [1.807, 2.05) is 6.92 Å². The molecule has 0 aliphatic carbocycles. The molecule has 1 aromatic rings. The second kappa shape index (κ2) is 6.84. The van der Waals surface area contributed by atoms with Crippen LogP contribution in [-0.4, -0.2) is 33.7 Å². The second-order valence-corrected chi connectivity index (χ2v) is 6.80. The normalized spacial score (nSPS) is 22.8. The van der Waals surface area contributed by atoms with E-state index >= 15 is 0 Å². The summed E-state index contributed by atoms with van der Waals surface area (Å²) in [5.74, 6) is -1.85. The summed E-state index contributed by atoms with van der Waals surface area (Å²) in [6.07, 6.45) is 1.50. The number of alkyl halides is 2. The van der Waals surface area contributed by atoms with Crippen LogP contribution in [0.5, 0.6) is 5.75 Å². The van der Waals surface area contributed by atoms with E-state index in [1.54, 1.807) is 0 Å². The molecule has 0 spiro atoms. The maximum absolute atomic E-state index is 13.6. The van der Waals surface area contributed by atoms with Gasteiger partial charge < -0.3 is 10.1 Å². The van der Waals surface area contributed by atoms with E-state index in [1.165, 1.54) is 0 Å². The monoisotopic (exact) mass is 338 g/mol. The Bertz CT molecular complexity index is 625. The molecule has 0 amide bonds. The van der Waals surface area contributed by atoms with Gasteiger partial charge in [0.1, 0.15) is 0 Å². The summed E-state index contributed by atoms with van der Waals surface area (Å²) in [6.45, 7) is -0.510. The van der Waals surface area contributed by atoms with Crippen molar-refractivity contribution in [2.75, 3.05) is 6.54 Å². The molecule has 0 radical (unpaired) electrons. The van der Waals surface area contributed by atoms with Crippen LogP contribution in [0.25, 0.3) is 0 Å². The highest BCUT2D eigenvalue weighted by Gasteiger charge is 2.27. The van der Waals surface area contributed by atoms with E-state index in [9.17, 15) is 21.6 Å². The topological polar surface area (TPSA) is 67.4 Å². The molecule has 1 aromatic carbocycles. The van der Waals surface area contributed by atoms with Crippen LogP contribution >= 0.6 is 0 Å². The first kappa shape index (κ1) is 17.0. The Kier molecular flexibility index (Phi) is 5.30. The van der Waals surface area contributed by atoms with E-state index in [-0.39, 0.29) is 17.0 Å². The van der Waals surface area contributed by atoms with Gasteiger partial charge >= 0.3 is 6.61 Å². The van der Waals surface area contributed by atoms with Crippen molar-refractivity contribution in [3.8, 4) is 5.75 Å². The molecule has 9 heteroatoms. The van der Waals surface area contributed by atoms with Crippen LogP contribution in [0.15, 0.2) is 23.1 Å². The first-order valence-electron chi connectivity index (χ1n) is 6.79. The van der Waals surface area contributed by atoms with Gasteiger partial charge in [-0.05, 0) is 44.5 Å². The Balaban J connectivity index is 2.17. The maximum Gasteiger partial charge on any atom is 0.387 e. The summed E-state index contributed by atoms with van der Waals surface area (Å²) in [5.41, 5.74) is 0. The highest BCUT2D eigenvalue weighted by molar-refractivity contribution is 7.89. The highest BCUT2D eigenvalue weighted by Crippen LogP contribution is 2.23. The Morgan fingerprint density at radius 3 is 2.73 bits per heavy atom. The van der Waals surface area contributed by atoms with Gasteiger partial charge in [-0.2, -0.15) is 8.78 Å². The fourth-order valence-electron chi connectivity index (χ4n) is 2.31. The number of nitrogens with one attached hydrogen (secondary N) is 2. The third-order valence-electron chi connectivity index (χ3n) is 3.50. The summed E-state index contributed by atoms with van der Waals surface area (Å²) in [6, 6.07) is 2.22. The van der Waals surface area contributed by atoms with Crippen molar-refractivity contribution >= 4 is 10.0 Å². The lowest BCUT2D eigenvalue weighted by Crippen LogP contribution is -2.51. The Hall–Kier alpha value is -1.32. The minimum Gasteiger partial charge on any atom is -0.432 e. The van der Waals surface area contributed by atoms with Gasteiger partial charge in [0.05, 0.1) is 4.90 Å². The fraction of sp³-hybridized carbons (Fsp3) is 0.538. The van der Waals surface area contributed by atoms with E-state index < -0.39 is 28.2 Å². The third kappa shape index (κ3) is 4.11. The lowest BCUT2D eigenvalue weighted by molar-refractivity contribution is -0.0522. The minimum atomic E-state index is -3.93. The number of benzene rings is 1. The first-order valence-corrected chi connectivity index (χ1v) is 8.28. The number of ether oxygens (including phenoxy) is 1. The highest BCUT2D eigenvalue weighted by atomic mass is 32.2. The number of rotatable bonds is 5. The van der Waals surface area contributed by atoms with Gasteiger partial charge in [-0.15, -0.1) is 0 Å². The summed E-state index contributed by atoms with van der Waals surface area (Å²) in [7, 11) is -3.93. The SMILES string of the molecule is CC1NCCCC1NS(=O)(=O)c1ccc(OC(F)F)c(F)c1. The molecule has 1 aliphatic rings. The first-order chi connectivity index (χ1) is 10.3. The molecule has 0 saturated carbocycles. The second-order valence-electron chi connectivity index (χ2n) is 5.08. The van der Waals surface area contributed by atoms with Gasteiger partial charge in [0.2, 0.25) is 10.0 Å². The molecule has 1 heterocycles. The molecular weight excluding hydrogens is 321 g/mol. The third-order valence-corrected chi connectivity index (χ3v) is 4.99. The standard InChI is InChI=1S/C13H17F3N2O3S/c1-8-11(3-2-6-17-8)18-22(19,20)9-4-5-12(10(14)7-9)21-13(15)16/h4-5,7-8,11,13,17-18H,2-3,6H2,1H3. The number of piperidine rings is 1. The predicted octanol–water partition coefficient (Wildman–Crippen LogP) is 1.85. The van der Waals surface area contributed by atoms with Crippen molar-refractivity contribution in [1.82, 2.24) is 10.0 Å². The van der Waals surface area contributed by atoms with Crippen LogP contribution in [0.2, 0.25) is 0 Å². The van der Waals surface area contributed by atoms with Crippen molar-refractivity contribution < 1.29 is 26.3 Å². The molecule has 2 unspecified atom stereocenters. The average Bonchev–Trinajstić information content (AvgIpc) is 2.43. The number of hydrogen-bond acceptors (Lipinski definition) is 4. The predicted molar refractivity (Wildman–Crippen MR) is 73.8 cm³/mol. The Labute approximate surface area is 126 Å². The van der Waals surface area contributed by atoms with Crippen molar-refractivity contribution in [3.05, 3.63) is 24.0 Å². The van der Waals surface area contributed by atoms with Crippen molar-refractivity contribution in [3.63, 3.8) is 0 Å². The lowest BCUT2D eigenvalue weighted by atomic mass is 10.0. The molecule has 1 fully saturated rings. The Morgan fingerprint density at radius 2 is 2.14 bits per heavy atom. The van der Waals surface area contributed by atoms with E-state index in [0.717, 1.165) is 25.1 Å². The molecule has 0 aromatic heterocycles. The van der Waals surface area contributed by atoms with Crippen LogP contribution in [-0.2, 0) is 10.0 Å². The molecule has 22 heavy (non-hydrogen) atoms. The van der Waals surface area contributed by atoms with Crippen LogP contribution in [0.3, 0.4) is 0 Å². The summed E-state index contributed by atoms with van der Waals surface area (Å²) in [4.78, 5) is -0.329. The largest absolute Gasteiger partial charge is 0.432 e. The van der Waals surface area contributed by atoms with Crippen LogP contribution < -0.4 is 14.8 Å². The van der Waals surface area contributed by atoms with Gasteiger partial charge in [-0.3, -0.25) is 0 Å². The number of hydrogen-bond donors (Lipinski definition) is 2. The van der Waals surface area contributed by atoms with E-state index in [2.05, 4.69) is 14.8 Å². The van der Waals surface area contributed by atoms with E-state index in [0.29, 0.717) is 12.5 Å². The van der Waals surface area contributed by atoms with Crippen LogP contribution in [0.4, 0.5) is 13.2 Å². The molecule has 2 atom stereocenters. The van der Waals surface area contributed by atoms with Gasteiger partial charge in [0.25, 0.3) is 0 Å². The van der Waals surface area contributed by atoms with Gasteiger partial charge in [0.15, 0.2) is 11.6 Å². The summed E-state index contributed by atoms with van der Waals surface area (Å²) < 4.78 is 68.7.